The maximum Gasteiger partial charge on any atom is 0.269 e. The van der Waals surface area contributed by atoms with Crippen molar-refractivity contribution in [3.05, 3.63) is 92.4 Å². The summed E-state index contributed by atoms with van der Waals surface area (Å²) >= 11 is 6.23. The fourth-order valence-electron chi connectivity index (χ4n) is 3.81. The highest BCUT2D eigenvalue weighted by molar-refractivity contribution is 6.30. The quantitative estimate of drug-likeness (QED) is 0.427. The Labute approximate surface area is 171 Å². The molecule has 2 aliphatic rings. The molecule has 0 spiro atoms. The van der Waals surface area contributed by atoms with E-state index in [-0.39, 0.29) is 11.7 Å². The van der Waals surface area contributed by atoms with Gasteiger partial charge in [-0.15, -0.1) is 0 Å². The molecule has 0 saturated carbocycles. The Hall–Kier alpha value is -3.32. The summed E-state index contributed by atoms with van der Waals surface area (Å²) in [6.45, 7) is 1.89. The van der Waals surface area contributed by atoms with Crippen LogP contribution < -0.4 is 4.74 Å². The normalized spacial score (nSPS) is 19.9. The van der Waals surface area contributed by atoms with Crippen LogP contribution in [-0.2, 0) is 0 Å². The molecule has 0 saturated heterocycles. The highest BCUT2D eigenvalue weighted by Gasteiger charge is 2.42. The van der Waals surface area contributed by atoms with Gasteiger partial charge < -0.3 is 9.15 Å². The third-order valence-electron chi connectivity index (χ3n) is 5.14. The molecule has 3 aromatic rings. The molecule has 0 radical (unpaired) electrons. The minimum absolute atomic E-state index is 0.00890. The van der Waals surface area contributed by atoms with Crippen molar-refractivity contribution in [2.75, 3.05) is 0 Å². The monoisotopic (exact) mass is 409 g/mol. The summed E-state index contributed by atoms with van der Waals surface area (Å²) in [7, 11) is 0. The first-order valence-electron chi connectivity index (χ1n) is 9.13. The highest BCUT2D eigenvalue weighted by atomic mass is 35.5. The van der Waals surface area contributed by atoms with Gasteiger partial charge >= 0.3 is 0 Å². The van der Waals surface area contributed by atoms with Crippen LogP contribution in [0.3, 0.4) is 0 Å². The van der Waals surface area contributed by atoms with E-state index < -0.39 is 11.2 Å². The molecule has 0 amide bonds. The van der Waals surface area contributed by atoms with Gasteiger partial charge in [-0.05, 0) is 37.3 Å². The number of benzene rings is 2. The second-order valence-electron chi connectivity index (χ2n) is 7.06. The van der Waals surface area contributed by atoms with Crippen LogP contribution >= 0.6 is 11.6 Å². The number of rotatable bonds is 3. The van der Waals surface area contributed by atoms with E-state index in [4.69, 9.17) is 25.9 Å². The molecule has 2 unspecified atom stereocenters. The van der Waals surface area contributed by atoms with Gasteiger partial charge in [0.15, 0.2) is 0 Å². The van der Waals surface area contributed by atoms with Gasteiger partial charge in [0, 0.05) is 34.7 Å². The predicted molar refractivity (Wildman–Crippen MR) is 107 cm³/mol. The Kier molecular flexibility index (Phi) is 4.06. The molecule has 8 heteroatoms. The van der Waals surface area contributed by atoms with E-state index in [0.29, 0.717) is 28.5 Å². The number of aryl methyl sites for hydroxylation is 1. The first-order valence-corrected chi connectivity index (χ1v) is 9.50. The molecule has 0 bridgehead atoms. The van der Waals surface area contributed by atoms with Gasteiger partial charge in [-0.25, -0.2) is 5.01 Å². The van der Waals surface area contributed by atoms with Crippen molar-refractivity contribution in [2.24, 2.45) is 5.10 Å². The average molecular weight is 410 g/mol. The summed E-state index contributed by atoms with van der Waals surface area (Å²) in [5, 5.41) is 18.5. The van der Waals surface area contributed by atoms with E-state index in [2.05, 4.69) is 0 Å². The number of nitro benzene ring substituents is 1. The molecule has 5 rings (SSSR count). The fraction of sp³-hybridized carbons (Fsp3) is 0.190. The van der Waals surface area contributed by atoms with E-state index >= 15 is 0 Å². The Morgan fingerprint density at radius 1 is 1.21 bits per heavy atom. The number of non-ortho nitro benzene ring substituents is 1. The number of nitro groups is 1. The molecule has 2 atom stereocenters. The molecule has 3 heterocycles. The van der Waals surface area contributed by atoms with Crippen molar-refractivity contribution in [1.29, 1.82) is 0 Å². The van der Waals surface area contributed by atoms with E-state index in [1.165, 1.54) is 12.1 Å². The van der Waals surface area contributed by atoms with Crippen LogP contribution in [0.5, 0.6) is 5.75 Å². The topological polar surface area (TPSA) is 81.1 Å². The lowest BCUT2D eigenvalue weighted by Gasteiger charge is -2.38. The van der Waals surface area contributed by atoms with Gasteiger partial charge in [-0.2, -0.15) is 5.10 Å². The zero-order chi connectivity index (χ0) is 20.1. The smallest absolute Gasteiger partial charge is 0.269 e. The molecular weight excluding hydrogens is 394 g/mol. The third kappa shape index (κ3) is 3.03. The number of hydrogen-bond acceptors (Lipinski definition) is 6. The van der Waals surface area contributed by atoms with E-state index in [9.17, 15) is 10.1 Å². The van der Waals surface area contributed by atoms with Crippen LogP contribution in [0.2, 0.25) is 5.02 Å². The number of fused-ring (bicyclic) bond motifs is 3. The Balaban J connectivity index is 1.61. The zero-order valence-corrected chi connectivity index (χ0v) is 16.2. The number of furan rings is 1. The standard InChI is InChI=1S/C21H16ClN3O4/c1-12-5-7-20(28-12)17-11-18-16-10-14(22)6-8-19(16)29-21(24(18)23-17)13-3-2-4-15(9-13)25(26)27/h2-10,18,21H,11H2,1H3. The zero-order valence-electron chi connectivity index (χ0n) is 15.4. The molecule has 29 heavy (non-hydrogen) atoms. The molecule has 7 nitrogen and oxygen atoms in total. The Morgan fingerprint density at radius 3 is 2.83 bits per heavy atom. The number of nitrogens with zero attached hydrogens (tertiary/aromatic N) is 3. The Morgan fingerprint density at radius 2 is 2.07 bits per heavy atom. The van der Waals surface area contributed by atoms with Crippen LogP contribution in [0.25, 0.3) is 0 Å². The summed E-state index contributed by atoms with van der Waals surface area (Å²) < 4.78 is 12.0. The molecule has 1 aromatic heterocycles. The second-order valence-corrected chi connectivity index (χ2v) is 7.50. The maximum absolute atomic E-state index is 11.2. The van der Waals surface area contributed by atoms with Gasteiger partial charge in [-0.1, -0.05) is 23.7 Å². The molecule has 0 aliphatic carbocycles. The molecule has 2 aromatic carbocycles. The van der Waals surface area contributed by atoms with Crippen molar-refractivity contribution in [1.82, 2.24) is 5.01 Å². The molecule has 0 fully saturated rings. The van der Waals surface area contributed by atoms with Crippen LogP contribution in [0.1, 0.15) is 41.3 Å². The SMILES string of the molecule is Cc1ccc(C2=NN3C(C2)c2cc(Cl)ccc2OC3c2cccc([N+](=O)[O-])c2)o1. The fourth-order valence-corrected chi connectivity index (χ4v) is 3.99. The van der Waals surface area contributed by atoms with Crippen LogP contribution in [0.15, 0.2) is 64.1 Å². The summed E-state index contributed by atoms with van der Waals surface area (Å²) in [4.78, 5) is 10.8. The molecular formula is C21H16ClN3O4. The van der Waals surface area contributed by atoms with Gasteiger partial charge in [0.25, 0.3) is 5.69 Å². The maximum atomic E-state index is 11.2. The van der Waals surface area contributed by atoms with Crippen LogP contribution in [0, 0.1) is 17.0 Å². The first-order chi connectivity index (χ1) is 14.0. The summed E-state index contributed by atoms with van der Waals surface area (Å²) in [5.41, 5.74) is 2.40. The van der Waals surface area contributed by atoms with Crippen LogP contribution in [0.4, 0.5) is 5.69 Å². The first kappa shape index (κ1) is 17.8. The van der Waals surface area contributed by atoms with Gasteiger partial charge in [-0.3, -0.25) is 10.1 Å². The second kappa shape index (κ2) is 6.63. The number of hydrazone groups is 1. The van der Waals surface area contributed by atoms with Gasteiger partial charge in [0.2, 0.25) is 6.23 Å². The summed E-state index contributed by atoms with van der Waals surface area (Å²) in [5.74, 6) is 2.21. The Bertz CT molecular complexity index is 1160. The van der Waals surface area contributed by atoms with Crippen LogP contribution in [-0.4, -0.2) is 15.6 Å². The van der Waals surface area contributed by atoms with Crippen molar-refractivity contribution < 1.29 is 14.1 Å². The van der Waals surface area contributed by atoms with E-state index in [1.807, 2.05) is 36.2 Å². The summed E-state index contributed by atoms with van der Waals surface area (Å²) in [6, 6.07) is 15.6. The molecule has 2 aliphatic heterocycles. The predicted octanol–water partition coefficient (Wildman–Crippen LogP) is 5.39. The molecule has 0 N–H and O–H groups in total. The largest absolute Gasteiger partial charge is 0.464 e. The van der Waals surface area contributed by atoms with E-state index in [1.54, 1.807) is 18.2 Å². The van der Waals surface area contributed by atoms with Crippen molar-refractivity contribution in [3.63, 3.8) is 0 Å². The van der Waals surface area contributed by atoms with Crippen molar-refractivity contribution >= 4 is 23.0 Å². The average Bonchev–Trinajstić information content (AvgIpc) is 3.34. The van der Waals surface area contributed by atoms with E-state index in [0.717, 1.165) is 17.0 Å². The third-order valence-corrected chi connectivity index (χ3v) is 5.38. The lowest BCUT2D eigenvalue weighted by molar-refractivity contribution is -0.385. The number of ether oxygens (including phenoxy) is 1. The van der Waals surface area contributed by atoms with Gasteiger partial charge in [0.05, 0.1) is 11.0 Å². The lowest BCUT2D eigenvalue weighted by Crippen LogP contribution is -2.33. The number of halogens is 1. The summed E-state index contributed by atoms with van der Waals surface area (Å²) in [6.07, 6.45) is 0.0249. The highest BCUT2D eigenvalue weighted by Crippen LogP contribution is 2.48. The number of hydrogen-bond donors (Lipinski definition) is 0. The minimum atomic E-state index is -0.595. The minimum Gasteiger partial charge on any atom is -0.464 e. The lowest BCUT2D eigenvalue weighted by atomic mass is 9.97. The van der Waals surface area contributed by atoms with Crippen molar-refractivity contribution in [2.45, 2.75) is 25.6 Å². The van der Waals surface area contributed by atoms with Crippen molar-refractivity contribution in [3.8, 4) is 5.75 Å². The molecule has 146 valence electrons. The van der Waals surface area contributed by atoms with Gasteiger partial charge in [0.1, 0.15) is 23.0 Å².